The number of benzene rings is 1. The number of piperidine rings is 1. The first kappa shape index (κ1) is 27.7. The highest BCUT2D eigenvalue weighted by Crippen LogP contribution is 2.30. The maximum atomic E-state index is 15.2. The number of nitrogens with one attached hydrogen (secondary N) is 2. The van der Waals surface area contributed by atoms with Crippen LogP contribution in [0.2, 0.25) is 0 Å². The third kappa shape index (κ3) is 5.94. The lowest BCUT2D eigenvalue weighted by atomic mass is 9.96. The van der Waals surface area contributed by atoms with Gasteiger partial charge in [-0.3, -0.25) is 9.48 Å². The maximum Gasteiger partial charge on any atom is 0.315 e. The van der Waals surface area contributed by atoms with E-state index in [1.807, 2.05) is 43.8 Å². The molecule has 12 heteroatoms. The van der Waals surface area contributed by atoms with Crippen molar-refractivity contribution in [3.05, 3.63) is 66.0 Å². The molecule has 0 atom stereocenters. The van der Waals surface area contributed by atoms with Crippen molar-refractivity contribution in [3.8, 4) is 22.5 Å². The number of imidazole rings is 1. The minimum atomic E-state index is -0.558. The van der Waals surface area contributed by atoms with Crippen LogP contribution in [0.5, 0.6) is 0 Å². The molecule has 0 aliphatic carbocycles. The number of amides is 1. The van der Waals surface area contributed by atoms with Crippen molar-refractivity contribution in [2.75, 3.05) is 19.6 Å². The number of aromatic amines is 1. The minimum Gasteiger partial charge on any atom is -0.344 e. The number of hydrogen-bond acceptors (Lipinski definition) is 8. The number of nitrogens with zero attached hydrogens (tertiary/aromatic N) is 7. The third-order valence-corrected chi connectivity index (χ3v) is 7.49. The maximum absolute atomic E-state index is 15.2. The average Bonchev–Trinajstić information content (AvgIpc) is 3.75. The van der Waals surface area contributed by atoms with E-state index in [0.29, 0.717) is 33.9 Å². The van der Waals surface area contributed by atoms with Crippen molar-refractivity contribution in [2.45, 2.75) is 58.5 Å². The van der Waals surface area contributed by atoms with Crippen molar-refractivity contribution in [1.29, 1.82) is 0 Å². The number of rotatable bonds is 8. The van der Waals surface area contributed by atoms with Crippen molar-refractivity contribution in [1.82, 2.24) is 45.1 Å². The molecule has 0 radical (unpaired) electrons. The Morgan fingerprint density at radius 3 is 2.69 bits per heavy atom. The number of carbonyl (C=O) groups excluding carboxylic acids is 1. The fraction of sp³-hybridized carbons (Fsp3) is 0.400. The van der Waals surface area contributed by atoms with Gasteiger partial charge in [-0.2, -0.15) is 10.1 Å². The predicted octanol–water partition coefficient (Wildman–Crippen LogP) is 4.72. The Hall–Kier alpha value is -4.45. The number of pyridine rings is 1. The molecule has 0 saturated carbocycles. The fourth-order valence-corrected chi connectivity index (χ4v) is 5.05. The number of hydrogen-bond donors (Lipinski definition) is 2. The summed E-state index contributed by atoms with van der Waals surface area (Å²) in [6.45, 7) is 9.84. The topological polar surface area (TPSA) is 131 Å². The van der Waals surface area contributed by atoms with E-state index in [2.05, 4.69) is 40.4 Å². The molecule has 6 rings (SSSR count). The number of H-pyrrole nitrogens is 1. The summed E-state index contributed by atoms with van der Waals surface area (Å²) in [5, 5.41) is 11.0. The molecular formula is C30H34FN9O2. The monoisotopic (exact) mass is 571 g/mol. The normalized spacial score (nSPS) is 14.5. The Balaban J connectivity index is 1.15. The van der Waals surface area contributed by atoms with Gasteiger partial charge in [0.25, 0.3) is 0 Å². The van der Waals surface area contributed by atoms with Gasteiger partial charge >= 0.3 is 11.8 Å². The highest BCUT2D eigenvalue weighted by molar-refractivity contribution is 5.91. The van der Waals surface area contributed by atoms with Gasteiger partial charge in [-0.25, -0.2) is 14.4 Å². The first-order valence-electron chi connectivity index (χ1n) is 14.3. The second kappa shape index (κ2) is 11.4. The molecule has 218 valence electrons. The summed E-state index contributed by atoms with van der Waals surface area (Å²) in [6, 6.07) is 6.73. The van der Waals surface area contributed by atoms with Crippen LogP contribution < -0.4 is 5.32 Å². The molecule has 2 N–H and O–H groups in total. The van der Waals surface area contributed by atoms with E-state index in [1.54, 1.807) is 18.5 Å². The van der Waals surface area contributed by atoms with Crippen LogP contribution in [0.3, 0.4) is 0 Å². The van der Waals surface area contributed by atoms with Crippen LogP contribution in [-0.4, -0.2) is 65.3 Å². The van der Waals surface area contributed by atoms with Gasteiger partial charge in [0.2, 0.25) is 0 Å². The molecule has 0 bridgehead atoms. The van der Waals surface area contributed by atoms with Gasteiger partial charge in [0, 0.05) is 42.0 Å². The van der Waals surface area contributed by atoms with Gasteiger partial charge in [0.05, 0.1) is 23.8 Å². The van der Waals surface area contributed by atoms with Crippen LogP contribution in [0.15, 0.2) is 47.4 Å². The number of halogens is 1. The summed E-state index contributed by atoms with van der Waals surface area (Å²) in [6.07, 6.45) is 9.30. The molecule has 1 saturated heterocycles. The fourth-order valence-electron chi connectivity index (χ4n) is 5.05. The van der Waals surface area contributed by atoms with Crippen molar-refractivity contribution >= 4 is 17.1 Å². The molecule has 1 fully saturated rings. The Bertz CT molecular complexity index is 1710. The Morgan fingerprint density at radius 2 is 1.93 bits per heavy atom. The van der Waals surface area contributed by atoms with E-state index in [4.69, 9.17) is 4.52 Å². The Labute approximate surface area is 242 Å². The van der Waals surface area contributed by atoms with Gasteiger partial charge in [-0.15, -0.1) is 0 Å². The summed E-state index contributed by atoms with van der Waals surface area (Å²) < 4.78 is 22.2. The van der Waals surface area contributed by atoms with Crippen LogP contribution in [0.4, 0.5) is 4.39 Å². The van der Waals surface area contributed by atoms with Crippen LogP contribution in [0, 0.1) is 5.82 Å². The zero-order valence-corrected chi connectivity index (χ0v) is 24.0. The van der Waals surface area contributed by atoms with Gasteiger partial charge in [-0.1, -0.05) is 44.5 Å². The van der Waals surface area contributed by atoms with Crippen molar-refractivity contribution in [2.24, 2.45) is 0 Å². The first-order valence-corrected chi connectivity index (χ1v) is 14.3. The quantitative estimate of drug-likeness (QED) is 0.274. The van der Waals surface area contributed by atoms with Crippen LogP contribution in [0.25, 0.3) is 33.7 Å². The standard InChI is InChI=1S/C30H34FN9O2/c1-30(2,3)29-37-28(42-38-29)27(41)33-16-20-8-7-19(15-23(20)31)22-9-10-32-26-24(22)35-25(36-26)21-17-34-40(18-21)14-13-39-11-5-4-6-12-39/h7-10,15,17-18H,4-6,11-14,16H2,1-3H3,(H,33,41)(H,32,35,36). The molecule has 0 unspecified atom stereocenters. The van der Waals surface area contributed by atoms with Crippen molar-refractivity contribution in [3.63, 3.8) is 0 Å². The van der Waals surface area contributed by atoms with E-state index in [-0.39, 0.29) is 17.9 Å². The summed E-state index contributed by atoms with van der Waals surface area (Å²) in [5.41, 5.74) is 3.52. The molecule has 1 aliphatic rings. The molecule has 1 aromatic carbocycles. The average molecular weight is 572 g/mol. The second-order valence-corrected chi connectivity index (χ2v) is 11.7. The van der Waals surface area contributed by atoms with Crippen LogP contribution >= 0.6 is 0 Å². The minimum absolute atomic E-state index is 0.0279. The predicted molar refractivity (Wildman–Crippen MR) is 155 cm³/mol. The highest BCUT2D eigenvalue weighted by Gasteiger charge is 2.24. The Kier molecular flexibility index (Phi) is 7.55. The van der Waals surface area contributed by atoms with Crippen LogP contribution in [-0.2, 0) is 18.5 Å². The molecule has 1 amide bonds. The summed E-state index contributed by atoms with van der Waals surface area (Å²) in [7, 11) is 0. The molecule has 4 aromatic heterocycles. The van der Waals surface area contributed by atoms with Crippen molar-refractivity contribution < 1.29 is 13.7 Å². The lowest BCUT2D eigenvalue weighted by Crippen LogP contribution is -2.32. The lowest BCUT2D eigenvalue weighted by molar-refractivity contribution is 0.0906. The molecule has 1 aliphatic heterocycles. The zero-order chi connectivity index (χ0) is 29.3. The molecule has 5 aromatic rings. The number of carbonyl (C=O) groups is 1. The molecule has 5 heterocycles. The summed E-state index contributed by atoms with van der Waals surface area (Å²) in [4.78, 5) is 31.6. The van der Waals surface area contributed by atoms with Gasteiger partial charge < -0.3 is 19.7 Å². The summed E-state index contributed by atoms with van der Waals surface area (Å²) >= 11 is 0. The van der Waals surface area contributed by atoms with E-state index in [9.17, 15) is 4.79 Å². The van der Waals surface area contributed by atoms with E-state index in [0.717, 1.165) is 37.3 Å². The second-order valence-electron chi connectivity index (χ2n) is 11.7. The van der Waals surface area contributed by atoms with E-state index >= 15 is 4.39 Å². The third-order valence-electron chi connectivity index (χ3n) is 7.49. The SMILES string of the molecule is CC(C)(C)c1noc(C(=O)NCc2ccc(-c3ccnc4nc(-c5cnn(CCN6CCCCC6)c5)[nH]c34)cc2F)n1. The lowest BCUT2D eigenvalue weighted by Gasteiger charge is -2.26. The Morgan fingerprint density at radius 1 is 1.10 bits per heavy atom. The molecule has 42 heavy (non-hydrogen) atoms. The highest BCUT2D eigenvalue weighted by atomic mass is 19.1. The van der Waals surface area contributed by atoms with E-state index in [1.165, 1.54) is 25.3 Å². The largest absolute Gasteiger partial charge is 0.344 e. The number of likely N-dealkylation sites (tertiary alicyclic amines) is 1. The molecule has 11 nitrogen and oxygen atoms in total. The zero-order valence-electron chi connectivity index (χ0n) is 24.0. The van der Waals surface area contributed by atoms with E-state index < -0.39 is 11.7 Å². The van der Waals surface area contributed by atoms with Gasteiger partial charge in [0.15, 0.2) is 11.5 Å². The first-order chi connectivity index (χ1) is 20.2. The number of aromatic nitrogens is 7. The number of fused-ring (bicyclic) bond motifs is 1. The van der Waals surface area contributed by atoms with Crippen LogP contribution in [0.1, 0.15) is 62.1 Å². The summed E-state index contributed by atoms with van der Waals surface area (Å²) in [5.74, 6) is -0.0793. The molecular weight excluding hydrogens is 537 g/mol. The van der Waals surface area contributed by atoms with Gasteiger partial charge in [-0.05, 0) is 43.6 Å². The smallest absolute Gasteiger partial charge is 0.315 e. The van der Waals surface area contributed by atoms with Gasteiger partial charge in [0.1, 0.15) is 11.6 Å². The molecule has 0 spiro atoms.